The van der Waals surface area contributed by atoms with Crippen molar-refractivity contribution in [3.63, 3.8) is 0 Å². The summed E-state index contributed by atoms with van der Waals surface area (Å²) in [5.41, 5.74) is 3.28. The Morgan fingerprint density at radius 2 is 1.70 bits per heavy atom. The summed E-state index contributed by atoms with van der Waals surface area (Å²) in [7, 11) is 0. The third-order valence-electron chi connectivity index (χ3n) is 4.87. The van der Waals surface area contributed by atoms with Crippen LogP contribution in [0.5, 0.6) is 0 Å². The predicted molar refractivity (Wildman–Crippen MR) is 121 cm³/mol. The highest BCUT2D eigenvalue weighted by atomic mass is 19.1. The molecule has 2 N–H and O–H groups in total. The van der Waals surface area contributed by atoms with Gasteiger partial charge in [-0.1, -0.05) is 42.0 Å². The van der Waals surface area contributed by atoms with Gasteiger partial charge in [-0.3, -0.25) is 9.59 Å². The van der Waals surface area contributed by atoms with Gasteiger partial charge in [-0.25, -0.2) is 4.39 Å². The number of hydrogen-bond acceptors (Lipinski definition) is 5. The standard InChI is InChI=1S/C24H21FN6O2/c1-16-6-8-17(9-7-16)14-26-22(32)15-31-29-23(28-30-31)18-10-12-19(13-11-18)27-24(33)20-4-2-3-5-21(20)25/h2-13H,14-15H2,1H3,(H,26,32)(H,27,33). The van der Waals surface area contributed by atoms with E-state index in [1.807, 2.05) is 31.2 Å². The highest BCUT2D eigenvalue weighted by molar-refractivity contribution is 6.04. The molecule has 33 heavy (non-hydrogen) atoms. The Bertz CT molecular complexity index is 1270. The Kier molecular flexibility index (Phi) is 6.49. The summed E-state index contributed by atoms with van der Waals surface area (Å²) < 4.78 is 13.8. The normalized spacial score (nSPS) is 10.6. The molecule has 9 heteroatoms. The molecule has 4 rings (SSSR count). The SMILES string of the molecule is Cc1ccc(CNC(=O)Cn2nnc(-c3ccc(NC(=O)c4ccccc4F)cc3)n2)cc1. The number of tetrazole rings is 1. The molecule has 0 saturated heterocycles. The van der Waals surface area contributed by atoms with Gasteiger partial charge in [-0.15, -0.1) is 10.2 Å². The number of benzene rings is 3. The van der Waals surface area contributed by atoms with Gasteiger partial charge in [0.05, 0.1) is 5.56 Å². The summed E-state index contributed by atoms with van der Waals surface area (Å²) >= 11 is 0. The van der Waals surface area contributed by atoms with Gasteiger partial charge in [-0.05, 0) is 54.1 Å². The highest BCUT2D eigenvalue weighted by Crippen LogP contribution is 2.18. The van der Waals surface area contributed by atoms with Crippen LogP contribution in [0.25, 0.3) is 11.4 Å². The van der Waals surface area contributed by atoms with E-state index in [0.717, 1.165) is 11.1 Å². The van der Waals surface area contributed by atoms with Crippen LogP contribution in [0, 0.1) is 12.7 Å². The number of aryl methyl sites for hydroxylation is 1. The van der Waals surface area contributed by atoms with Gasteiger partial charge in [0.2, 0.25) is 11.7 Å². The van der Waals surface area contributed by atoms with Crippen molar-refractivity contribution in [3.05, 3.63) is 95.3 Å². The van der Waals surface area contributed by atoms with E-state index in [2.05, 4.69) is 26.0 Å². The van der Waals surface area contributed by atoms with Crippen molar-refractivity contribution in [2.75, 3.05) is 5.32 Å². The lowest BCUT2D eigenvalue weighted by molar-refractivity contribution is -0.122. The van der Waals surface area contributed by atoms with E-state index >= 15 is 0 Å². The Morgan fingerprint density at radius 1 is 0.970 bits per heavy atom. The van der Waals surface area contributed by atoms with E-state index in [9.17, 15) is 14.0 Å². The van der Waals surface area contributed by atoms with Crippen molar-refractivity contribution in [3.8, 4) is 11.4 Å². The van der Waals surface area contributed by atoms with Crippen molar-refractivity contribution < 1.29 is 14.0 Å². The molecule has 0 atom stereocenters. The number of nitrogens with zero attached hydrogens (tertiary/aromatic N) is 4. The van der Waals surface area contributed by atoms with Crippen LogP contribution >= 0.6 is 0 Å². The average Bonchev–Trinajstić information content (AvgIpc) is 3.28. The highest BCUT2D eigenvalue weighted by Gasteiger charge is 2.12. The number of aromatic nitrogens is 4. The molecular weight excluding hydrogens is 423 g/mol. The average molecular weight is 444 g/mol. The molecule has 1 heterocycles. The van der Waals surface area contributed by atoms with Crippen molar-refractivity contribution in [1.29, 1.82) is 0 Å². The second-order valence-corrected chi connectivity index (χ2v) is 7.42. The molecule has 0 aliphatic rings. The lowest BCUT2D eigenvalue weighted by Gasteiger charge is -2.06. The van der Waals surface area contributed by atoms with E-state index in [1.165, 1.54) is 23.0 Å². The molecule has 1 aromatic heterocycles. The van der Waals surface area contributed by atoms with E-state index in [4.69, 9.17) is 0 Å². The fraction of sp³-hybridized carbons (Fsp3) is 0.125. The first kappa shape index (κ1) is 21.8. The lowest BCUT2D eigenvalue weighted by Crippen LogP contribution is -2.28. The van der Waals surface area contributed by atoms with Crippen LogP contribution in [0.15, 0.2) is 72.8 Å². The summed E-state index contributed by atoms with van der Waals surface area (Å²) in [4.78, 5) is 25.6. The van der Waals surface area contributed by atoms with Gasteiger partial charge in [0.1, 0.15) is 12.4 Å². The minimum atomic E-state index is -0.588. The van der Waals surface area contributed by atoms with Crippen LogP contribution in [0.1, 0.15) is 21.5 Å². The van der Waals surface area contributed by atoms with Crippen LogP contribution in [0.2, 0.25) is 0 Å². The fourth-order valence-corrected chi connectivity index (χ4v) is 3.06. The number of hydrogen-bond donors (Lipinski definition) is 2. The smallest absolute Gasteiger partial charge is 0.258 e. The second-order valence-electron chi connectivity index (χ2n) is 7.42. The van der Waals surface area contributed by atoms with Gasteiger partial charge < -0.3 is 10.6 Å². The van der Waals surface area contributed by atoms with Crippen molar-refractivity contribution in [1.82, 2.24) is 25.5 Å². The Balaban J connectivity index is 1.33. The van der Waals surface area contributed by atoms with Crippen LogP contribution in [-0.2, 0) is 17.9 Å². The van der Waals surface area contributed by atoms with Crippen LogP contribution < -0.4 is 10.6 Å². The van der Waals surface area contributed by atoms with Gasteiger partial charge in [0.15, 0.2) is 0 Å². The molecule has 166 valence electrons. The molecule has 4 aromatic rings. The number of anilines is 1. The van der Waals surface area contributed by atoms with Gasteiger partial charge >= 0.3 is 0 Å². The zero-order valence-corrected chi connectivity index (χ0v) is 17.8. The Morgan fingerprint density at radius 3 is 2.42 bits per heavy atom. The molecule has 0 aliphatic carbocycles. The molecule has 3 aromatic carbocycles. The summed E-state index contributed by atoms with van der Waals surface area (Å²) in [5, 5.41) is 17.6. The number of rotatable bonds is 7. The van der Waals surface area contributed by atoms with Crippen molar-refractivity contribution in [2.24, 2.45) is 0 Å². The summed E-state index contributed by atoms with van der Waals surface area (Å²) in [5.74, 6) is -1.02. The predicted octanol–water partition coefficient (Wildman–Crippen LogP) is 3.36. The second kappa shape index (κ2) is 9.82. The minimum absolute atomic E-state index is 0.0353. The van der Waals surface area contributed by atoms with Gasteiger partial charge in [-0.2, -0.15) is 4.80 Å². The lowest BCUT2D eigenvalue weighted by atomic mass is 10.1. The summed E-state index contributed by atoms with van der Waals surface area (Å²) in [6.07, 6.45) is 0. The molecule has 0 unspecified atom stereocenters. The maximum Gasteiger partial charge on any atom is 0.258 e. The molecule has 0 bridgehead atoms. The molecule has 0 spiro atoms. The molecule has 0 aliphatic heterocycles. The fourth-order valence-electron chi connectivity index (χ4n) is 3.06. The molecule has 0 radical (unpaired) electrons. The van der Waals surface area contributed by atoms with E-state index < -0.39 is 11.7 Å². The molecule has 8 nitrogen and oxygen atoms in total. The number of amides is 2. The minimum Gasteiger partial charge on any atom is -0.350 e. The third-order valence-corrected chi connectivity index (χ3v) is 4.87. The summed E-state index contributed by atoms with van der Waals surface area (Å²) in [6.45, 7) is 2.36. The van der Waals surface area contributed by atoms with E-state index in [0.29, 0.717) is 23.6 Å². The monoisotopic (exact) mass is 444 g/mol. The van der Waals surface area contributed by atoms with Crippen LogP contribution in [0.4, 0.5) is 10.1 Å². The maximum atomic E-state index is 13.8. The first-order chi connectivity index (χ1) is 16.0. The van der Waals surface area contributed by atoms with Crippen LogP contribution in [-0.4, -0.2) is 32.0 Å². The number of carbonyl (C=O) groups excluding carboxylic acids is 2. The number of nitrogens with one attached hydrogen (secondary N) is 2. The largest absolute Gasteiger partial charge is 0.350 e. The summed E-state index contributed by atoms with van der Waals surface area (Å²) in [6, 6.07) is 20.4. The Labute approximate surface area is 189 Å². The number of halogens is 1. The third kappa shape index (κ3) is 5.65. The quantitative estimate of drug-likeness (QED) is 0.455. The zero-order chi connectivity index (χ0) is 23.2. The number of carbonyl (C=O) groups is 2. The zero-order valence-electron chi connectivity index (χ0n) is 17.8. The first-order valence-electron chi connectivity index (χ1n) is 10.2. The molecule has 0 fully saturated rings. The molecule has 0 saturated carbocycles. The van der Waals surface area contributed by atoms with E-state index in [-0.39, 0.29) is 18.0 Å². The molecular formula is C24H21FN6O2. The first-order valence-corrected chi connectivity index (χ1v) is 10.2. The Hall–Kier alpha value is -4.40. The van der Waals surface area contributed by atoms with Crippen molar-refractivity contribution >= 4 is 17.5 Å². The van der Waals surface area contributed by atoms with Crippen molar-refractivity contribution in [2.45, 2.75) is 20.0 Å². The van der Waals surface area contributed by atoms with Gasteiger partial charge in [0.25, 0.3) is 5.91 Å². The topological polar surface area (TPSA) is 102 Å². The molecule has 2 amide bonds. The van der Waals surface area contributed by atoms with E-state index in [1.54, 1.807) is 30.3 Å². The van der Waals surface area contributed by atoms with Gasteiger partial charge in [0, 0.05) is 17.8 Å². The van der Waals surface area contributed by atoms with Crippen LogP contribution in [0.3, 0.4) is 0 Å². The maximum absolute atomic E-state index is 13.8.